The monoisotopic (exact) mass is 266 g/mol. The average molecular weight is 266 g/mol. The van der Waals surface area contributed by atoms with E-state index in [2.05, 4.69) is 39.0 Å². The number of hydrogen-bond donors (Lipinski definition) is 0. The zero-order valence-electron chi connectivity index (χ0n) is 12.9. The van der Waals surface area contributed by atoms with Crippen molar-refractivity contribution in [2.75, 3.05) is 13.2 Å². The van der Waals surface area contributed by atoms with Gasteiger partial charge in [0.2, 0.25) is 0 Å². The lowest BCUT2D eigenvalue weighted by Crippen LogP contribution is -2.36. The number of hydrogen-bond acceptors (Lipinski definition) is 2. The highest BCUT2D eigenvalue weighted by Crippen LogP contribution is 2.26. The van der Waals surface area contributed by atoms with E-state index >= 15 is 0 Å². The predicted octanol–water partition coefficient (Wildman–Crippen LogP) is 4.86. The van der Waals surface area contributed by atoms with Crippen molar-refractivity contribution >= 4 is 0 Å². The van der Waals surface area contributed by atoms with Crippen molar-refractivity contribution in [3.05, 3.63) is 24.3 Å². The van der Waals surface area contributed by atoms with Gasteiger partial charge in [-0.25, -0.2) is 0 Å². The fourth-order valence-corrected chi connectivity index (χ4v) is 2.27. The molecular weight excluding hydrogens is 236 g/mol. The molecule has 0 amide bonds. The average Bonchev–Trinajstić information content (AvgIpc) is 2.46. The number of unbranched alkanes of at least 4 members (excludes halogenated alkanes) is 1. The molecule has 2 atom stereocenters. The minimum atomic E-state index is -0.510. The molecule has 110 valence electrons. The summed E-state index contributed by atoms with van der Waals surface area (Å²) in [5.41, 5.74) is 0. The van der Waals surface area contributed by atoms with E-state index in [-0.39, 0.29) is 0 Å². The van der Waals surface area contributed by atoms with Crippen molar-refractivity contribution in [3.63, 3.8) is 0 Å². The van der Waals surface area contributed by atoms with Crippen molar-refractivity contribution < 1.29 is 9.47 Å². The van der Waals surface area contributed by atoms with Crippen LogP contribution in [0.2, 0.25) is 0 Å². The minimum Gasteiger partial charge on any atom is -0.346 e. The molecule has 2 unspecified atom stereocenters. The molecule has 19 heavy (non-hydrogen) atoms. The van der Waals surface area contributed by atoms with Crippen LogP contribution in [0.5, 0.6) is 0 Å². The fourth-order valence-electron chi connectivity index (χ4n) is 2.27. The largest absolute Gasteiger partial charge is 0.346 e. The van der Waals surface area contributed by atoms with Gasteiger partial charge in [-0.05, 0) is 24.8 Å². The Labute approximate surface area is 118 Å². The second-order valence-electron chi connectivity index (χ2n) is 5.38. The zero-order valence-corrected chi connectivity index (χ0v) is 12.9. The Bertz CT molecular complexity index is 283. The normalized spacial score (nSPS) is 23.7. The van der Waals surface area contributed by atoms with Crippen LogP contribution in [-0.4, -0.2) is 19.0 Å². The van der Waals surface area contributed by atoms with Gasteiger partial charge in [-0.3, -0.25) is 0 Å². The second-order valence-corrected chi connectivity index (χ2v) is 5.38. The Morgan fingerprint density at radius 3 is 2.53 bits per heavy atom. The van der Waals surface area contributed by atoms with Crippen LogP contribution >= 0.6 is 0 Å². The third-order valence-electron chi connectivity index (χ3n) is 3.66. The molecule has 0 saturated carbocycles. The molecule has 0 radical (unpaired) electrons. The van der Waals surface area contributed by atoms with Gasteiger partial charge in [0.15, 0.2) is 5.79 Å². The van der Waals surface area contributed by atoms with Crippen molar-refractivity contribution in [3.8, 4) is 0 Å². The molecule has 0 N–H and O–H groups in total. The first kappa shape index (κ1) is 16.5. The first-order valence-corrected chi connectivity index (χ1v) is 7.88. The Morgan fingerprint density at radius 1 is 1.11 bits per heavy atom. The van der Waals surface area contributed by atoms with Gasteiger partial charge in [0.05, 0.1) is 13.2 Å². The van der Waals surface area contributed by atoms with Crippen LogP contribution in [0.4, 0.5) is 0 Å². The molecule has 0 heterocycles. The van der Waals surface area contributed by atoms with Crippen LogP contribution in [0.1, 0.15) is 59.3 Å². The summed E-state index contributed by atoms with van der Waals surface area (Å²) in [5, 5.41) is 0. The summed E-state index contributed by atoms with van der Waals surface area (Å²) < 4.78 is 12.1. The Kier molecular flexibility index (Phi) is 8.08. The molecule has 0 fully saturated rings. The maximum atomic E-state index is 6.16. The minimum absolute atomic E-state index is 0.510. The van der Waals surface area contributed by atoms with Gasteiger partial charge >= 0.3 is 0 Å². The van der Waals surface area contributed by atoms with Crippen molar-refractivity contribution in [1.29, 1.82) is 0 Å². The van der Waals surface area contributed by atoms with Crippen LogP contribution < -0.4 is 0 Å². The third-order valence-corrected chi connectivity index (χ3v) is 3.66. The number of allylic oxidation sites excluding steroid dienone is 2. The predicted molar refractivity (Wildman–Crippen MR) is 81.1 cm³/mol. The molecule has 2 heteroatoms. The molecule has 1 aliphatic carbocycles. The van der Waals surface area contributed by atoms with Gasteiger partial charge in [0.25, 0.3) is 0 Å². The van der Waals surface area contributed by atoms with Crippen LogP contribution in [0.25, 0.3) is 0 Å². The summed E-state index contributed by atoms with van der Waals surface area (Å²) >= 11 is 0. The molecule has 0 aromatic heterocycles. The highest BCUT2D eigenvalue weighted by atomic mass is 16.7. The summed E-state index contributed by atoms with van der Waals surface area (Å²) in [6.45, 7) is 8.18. The fraction of sp³-hybridized carbons (Fsp3) is 0.765. The van der Waals surface area contributed by atoms with E-state index in [0.717, 1.165) is 26.1 Å². The zero-order chi connectivity index (χ0) is 14.0. The number of ether oxygens (including phenoxy) is 2. The molecule has 0 bridgehead atoms. The van der Waals surface area contributed by atoms with E-state index in [0.29, 0.717) is 5.92 Å². The molecular formula is C17H30O2. The second kappa shape index (κ2) is 9.33. The maximum Gasteiger partial charge on any atom is 0.191 e. The van der Waals surface area contributed by atoms with Crippen molar-refractivity contribution in [2.24, 2.45) is 5.92 Å². The quantitative estimate of drug-likeness (QED) is 0.526. The summed E-state index contributed by atoms with van der Waals surface area (Å²) in [5.74, 6) is 0.145. The van der Waals surface area contributed by atoms with Gasteiger partial charge in [-0.1, -0.05) is 58.3 Å². The van der Waals surface area contributed by atoms with Crippen molar-refractivity contribution in [1.82, 2.24) is 0 Å². The van der Waals surface area contributed by atoms with Gasteiger partial charge in [-0.2, -0.15) is 0 Å². The van der Waals surface area contributed by atoms with E-state index in [1.807, 2.05) is 6.08 Å². The Hall–Kier alpha value is -0.600. The van der Waals surface area contributed by atoms with Crippen LogP contribution in [-0.2, 0) is 9.47 Å². The summed E-state index contributed by atoms with van der Waals surface area (Å²) in [6.07, 6.45) is 15.1. The van der Waals surface area contributed by atoms with E-state index in [1.165, 1.54) is 25.7 Å². The van der Waals surface area contributed by atoms with Crippen molar-refractivity contribution in [2.45, 2.75) is 65.1 Å². The molecule has 1 rings (SSSR count). The van der Waals surface area contributed by atoms with E-state index in [1.54, 1.807) is 0 Å². The Balaban J connectivity index is 2.47. The Morgan fingerprint density at radius 2 is 1.95 bits per heavy atom. The smallest absolute Gasteiger partial charge is 0.191 e. The highest BCUT2D eigenvalue weighted by molar-refractivity contribution is 5.15. The van der Waals surface area contributed by atoms with E-state index in [9.17, 15) is 0 Å². The SMILES string of the molecule is CCCCC(CC)COC1(OCCC)C=CC=CC1. The maximum absolute atomic E-state index is 6.16. The van der Waals surface area contributed by atoms with Crippen LogP contribution in [0.15, 0.2) is 24.3 Å². The van der Waals surface area contributed by atoms with Gasteiger partial charge in [0.1, 0.15) is 0 Å². The van der Waals surface area contributed by atoms with Gasteiger partial charge < -0.3 is 9.47 Å². The van der Waals surface area contributed by atoms with Gasteiger partial charge in [0, 0.05) is 6.42 Å². The highest BCUT2D eigenvalue weighted by Gasteiger charge is 2.29. The first-order valence-electron chi connectivity index (χ1n) is 7.88. The molecule has 2 nitrogen and oxygen atoms in total. The molecule has 0 spiro atoms. The lowest BCUT2D eigenvalue weighted by atomic mass is 10.00. The topological polar surface area (TPSA) is 18.5 Å². The summed E-state index contributed by atoms with van der Waals surface area (Å²) in [4.78, 5) is 0. The summed E-state index contributed by atoms with van der Waals surface area (Å²) in [6, 6.07) is 0. The summed E-state index contributed by atoms with van der Waals surface area (Å²) in [7, 11) is 0. The number of rotatable bonds is 10. The van der Waals surface area contributed by atoms with E-state index < -0.39 is 5.79 Å². The van der Waals surface area contributed by atoms with Gasteiger partial charge in [-0.15, -0.1) is 0 Å². The third kappa shape index (κ3) is 5.92. The molecule has 0 aromatic carbocycles. The molecule has 0 aliphatic heterocycles. The lowest BCUT2D eigenvalue weighted by Gasteiger charge is -2.33. The van der Waals surface area contributed by atoms with E-state index in [4.69, 9.17) is 9.47 Å². The van der Waals surface area contributed by atoms with Crippen LogP contribution in [0, 0.1) is 5.92 Å². The molecule has 0 saturated heterocycles. The first-order chi connectivity index (χ1) is 9.26. The lowest BCUT2D eigenvalue weighted by molar-refractivity contribution is -0.209. The molecule has 0 aromatic rings. The molecule has 1 aliphatic rings. The van der Waals surface area contributed by atoms with Crippen LogP contribution in [0.3, 0.4) is 0 Å². The standard InChI is InChI=1S/C17H30O2/c1-4-7-11-16(6-3)15-19-17(18-14-5-2)12-9-8-10-13-17/h8-10,12,16H,4-7,11,13-15H2,1-3H3.